The van der Waals surface area contributed by atoms with Crippen molar-refractivity contribution in [1.29, 1.82) is 0 Å². The summed E-state index contributed by atoms with van der Waals surface area (Å²) in [7, 11) is 0. The summed E-state index contributed by atoms with van der Waals surface area (Å²) in [6.07, 6.45) is -0.312. The van der Waals surface area contributed by atoms with Gasteiger partial charge < -0.3 is 0 Å². The Hall–Kier alpha value is -1.07. The molecule has 5 heteroatoms. The number of carbonyl (C=O) groups is 1. The smallest absolute Gasteiger partial charge is 0.168 e. The van der Waals surface area contributed by atoms with Gasteiger partial charge in [0.25, 0.3) is 0 Å². The van der Waals surface area contributed by atoms with Crippen molar-refractivity contribution in [2.75, 3.05) is 0 Å². The van der Waals surface area contributed by atoms with Crippen molar-refractivity contribution in [3.05, 3.63) is 68.1 Å². The molecule has 0 saturated heterocycles. The van der Waals surface area contributed by atoms with Gasteiger partial charge in [-0.05, 0) is 30.3 Å². The standard InChI is InChI=1S/C14H8Br2F2O/c15-8-4-5-11(16)9(6-8)14(19)7-10-12(17)2-1-3-13(10)18/h1-6H,7H2. The SMILES string of the molecule is O=C(Cc1c(F)cccc1F)c1cc(Br)ccc1Br. The number of rotatable bonds is 3. The molecule has 2 aromatic rings. The molecule has 19 heavy (non-hydrogen) atoms. The van der Waals surface area contributed by atoms with Crippen LogP contribution in [0, 0.1) is 11.6 Å². The molecule has 98 valence electrons. The van der Waals surface area contributed by atoms with Crippen LogP contribution in [0.5, 0.6) is 0 Å². The van der Waals surface area contributed by atoms with E-state index in [0.29, 0.717) is 10.0 Å². The molecule has 0 fully saturated rings. The van der Waals surface area contributed by atoms with Gasteiger partial charge in [-0.15, -0.1) is 0 Å². The maximum atomic E-state index is 13.5. The van der Waals surface area contributed by atoms with Crippen LogP contribution in [-0.2, 0) is 6.42 Å². The molecule has 0 bridgehead atoms. The van der Waals surface area contributed by atoms with Crippen LogP contribution < -0.4 is 0 Å². The summed E-state index contributed by atoms with van der Waals surface area (Å²) in [4.78, 5) is 12.1. The summed E-state index contributed by atoms with van der Waals surface area (Å²) in [6.45, 7) is 0. The third-order valence-electron chi connectivity index (χ3n) is 2.63. The average molecular weight is 390 g/mol. The predicted octanol–water partition coefficient (Wildman–Crippen LogP) is 4.92. The van der Waals surface area contributed by atoms with Crippen molar-refractivity contribution in [3.63, 3.8) is 0 Å². The topological polar surface area (TPSA) is 17.1 Å². The molecule has 0 amide bonds. The maximum absolute atomic E-state index is 13.5. The zero-order chi connectivity index (χ0) is 14.0. The fourth-order valence-corrected chi connectivity index (χ4v) is 2.50. The van der Waals surface area contributed by atoms with Gasteiger partial charge in [-0.2, -0.15) is 0 Å². The number of hydrogen-bond donors (Lipinski definition) is 0. The van der Waals surface area contributed by atoms with E-state index in [4.69, 9.17) is 0 Å². The fraction of sp³-hybridized carbons (Fsp3) is 0.0714. The van der Waals surface area contributed by atoms with E-state index in [0.717, 1.165) is 16.6 Å². The lowest BCUT2D eigenvalue weighted by Gasteiger charge is -2.06. The minimum Gasteiger partial charge on any atom is -0.294 e. The lowest BCUT2D eigenvalue weighted by atomic mass is 10.0. The van der Waals surface area contributed by atoms with E-state index in [2.05, 4.69) is 31.9 Å². The first-order valence-corrected chi connectivity index (χ1v) is 6.99. The first-order chi connectivity index (χ1) is 8.99. The van der Waals surface area contributed by atoms with Gasteiger partial charge >= 0.3 is 0 Å². The van der Waals surface area contributed by atoms with Crippen LogP contribution in [0.3, 0.4) is 0 Å². The van der Waals surface area contributed by atoms with E-state index in [9.17, 15) is 13.6 Å². The molecule has 0 aliphatic carbocycles. The highest BCUT2D eigenvalue weighted by Crippen LogP contribution is 2.24. The number of Topliss-reactive ketones (excluding diaryl/α,β-unsaturated/α-hetero) is 1. The van der Waals surface area contributed by atoms with Crippen molar-refractivity contribution in [2.45, 2.75) is 6.42 Å². The summed E-state index contributed by atoms with van der Waals surface area (Å²) in [5.41, 5.74) is 0.177. The molecule has 2 aromatic carbocycles. The predicted molar refractivity (Wildman–Crippen MR) is 76.2 cm³/mol. The molecule has 0 N–H and O–H groups in total. The lowest BCUT2D eigenvalue weighted by molar-refractivity contribution is 0.0989. The zero-order valence-corrected chi connectivity index (χ0v) is 12.8. The van der Waals surface area contributed by atoms with Gasteiger partial charge in [0.05, 0.1) is 0 Å². The largest absolute Gasteiger partial charge is 0.294 e. The lowest BCUT2D eigenvalue weighted by Crippen LogP contribution is -2.08. The Balaban J connectivity index is 2.34. The van der Waals surface area contributed by atoms with E-state index in [1.807, 2.05) is 0 Å². The van der Waals surface area contributed by atoms with E-state index in [1.54, 1.807) is 18.2 Å². The molecule has 0 aliphatic rings. The Morgan fingerprint density at radius 3 is 2.32 bits per heavy atom. The minimum atomic E-state index is -0.709. The maximum Gasteiger partial charge on any atom is 0.168 e. The Labute approximate surface area is 125 Å². The third kappa shape index (κ3) is 3.28. The van der Waals surface area contributed by atoms with E-state index < -0.39 is 11.6 Å². The second kappa shape index (κ2) is 5.92. The minimum absolute atomic E-state index is 0.209. The molecule has 0 aliphatic heterocycles. The van der Waals surface area contributed by atoms with Crippen LogP contribution in [0.25, 0.3) is 0 Å². The Morgan fingerprint density at radius 1 is 1.05 bits per heavy atom. The Morgan fingerprint density at radius 2 is 1.68 bits per heavy atom. The summed E-state index contributed by atoms with van der Waals surface area (Å²) in [6, 6.07) is 8.64. The highest BCUT2D eigenvalue weighted by atomic mass is 79.9. The van der Waals surface area contributed by atoms with Crippen molar-refractivity contribution in [3.8, 4) is 0 Å². The molecular weight excluding hydrogens is 382 g/mol. The monoisotopic (exact) mass is 388 g/mol. The number of hydrogen-bond acceptors (Lipinski definition) is 1. The first kappa shape index (κ1) is 14.3. The summed E-state index contributed by atoms with van der Waals surface area (Å²) in [5.74, 6) is -1.77. The van der Waals surface area contributed by atoms with Gasteiger partial charge in [-0.25, -0.2) is 8.78 Å². The molecule has 0 saturated carbocycles. The molecule has 0 spiro atoms. The zero-order valence-electron chi connectivity index (χ0n) is 9.59. The number of carbonyl (C=O) groups excluding carboxylic acids is 1. The Bertz CT molecular complexity index is 621. The Kier molecular flexibility index (Phi) is 4.47. The quantitative estimate of drug-likeness (QED) is 0.681. The van der Waals surface area contributed by atoms with E-state index >= 15 is 0 Å². The summed E-state index contributed by atoms with van der Waals surface area (Å²) >= 11 is 6.51. The van der Waals surface area contributed by atoms with Crippen molar-refractivity contribution in [2.24, 2.45) is 0 Å². The number of benzene rings is 2. The van der Waals surface area contributed by atoms with E-state index in [1.165, 1.54) is 6.07 Å². The van der Waals surface area contributed by atoms with Gasteiger partial charge in [0.15, 0.2) is 5.78 Å². The molecule has 0 atom stereocenters. The van der Waals surface area contributed by atoms with E-state index in [-0.39, 0.29) is 17.8 Å². The van der Waals surface area contributed by atoms with Gasteiger partial charge in [-0.1, -0.05) is 37.9 Å². The highest BCUT2D eigenvalue weighted by molar-refractivity contribution is 9.11. The van der Waals surface area contributed by atoms with Gasteiger partial charge in [0.2, 0.25) is 0 Å². The van der Waals surface area contributed by atoms with Crippen LogP contribution in [-0.4, -0.2) is 5.78 Å². The highest BCUT2D eigenvalue weighted by Gasteiger charge is 2.16. The van der Waals surface area contributed by atoms with Crippen LogP contribution in [0.15, 0.2) is 45.3 Å². The molecule has 2 rings (SSSR count). The molecule has 0 radical (unpaired) electrons. The first-order valence-electron chi connectivity index (χ1n) is 5.40. The second-order valence-electron chi connectivity index (χ2n) is 3.92. The molecule has 0 aromatic heterocycles. The number of ketones is 1. The fourth-order valence-electron chi connectivity index (χ4n) is 1.67. The average Bonchev–Trinajstić information content (AvgIpc) is 2.37. The third-order valence-corrected chi connectivity index (χ3v) is 3.81. The molecule has 0 heterocycles. The molecule has 1 nitrogen and oxygen atoms in total. The van der Waals surface area contributed by atoms with Crippen LogP contribution >= 0.6 is 31.9 Å². The number of halogens is 4. The molecular formula is C14H8Br2F2O. The van der Waals surface area contributed by atoms with Crippen molar-refractivity contribution in [1.82, 2.24) is 0 Å². The van der Waals surface area contributed by atoms with Gasteiger partial charge in [0, 0.05) is 26.5 Å². The van der Waals surface area contributed by atoms with Crippen LogP contribution in [0.4, 0.5) is 8.78 Å². The van der Waals surface area contributed by atoms with Crippen molar-refractivity contribution >= 4 is 37.6 Å². The second-order valence-corrected chi connectivity index (χ2v) is 5.69. The van der Waals surface area contributed by atoms with Gasteiger partial charge in [-0.3, -0.25) is 4.79 Å². The van der Waals surface area contributed by atoms with Gasteiger partial charge in [0.1, 0.15) is 11.6 Å². The molecule has 0 unspecified atom stereocenters. The normalized spacial score (nSPS) is 10.5. The van der Waals surface area contributed by atoms with Crippen LogP contribution in [0.1, 0.15) is 15.9 Å². The van der Waals surface area contributed by atoms with Crippen LogP contribution in [0.2, 0.25) is 0 Å². The summed E-state index contributed by atoms with van der Waals surface area (Å²) in [5, 5.41) is 0. The summed E-state index contributed by atoms with van der Waals surface area (Å²) < 4.78 is 28.3. The van der Waals surface area contributed by atoms with Crippen molar-refractivity contribution < 1.29 is 13.6 Å².